The van der Waals surface area contributed by atoms with Gasteiger partial charge in [0.05, 0.1) is 0 Å². The first-order valence-corrected chi connectivity index (χ1v) is 7.72. The second-order valence-corrected chi connectivity index (χ2v) is 6.06. The van der Waals surface area contributed by atoms with Crippen molar-refractivity contribution in [3.63, 3.8) is 0 Å². The van der Waals surface area contributed by atoms with Crippen LogP contribution in [0.25, 0.3) is 0 Å². The molecular weight excluding hydrogens is 252 g/mol. The molecule has 4 heteroatoms. The predicted octanol–water partition coefficient (Wildman–Crippen LogP) is 2.23. The fourth-order valence-corrected chi connectivity index (χ4v) is 3.80. The lowest BCUT2D eigenvalue weighted by Gasteiger charge is -2.38. The van der Waals surface area contributed by atoms with Gasteiger partial charge < -0.3 is 15.5 Å². The quantitative estimate of drug-likeness (QED) is 0.792. The Balaban J connectivity index is 1.90. The number of piperazine rings is 1. The van der Waals surface area contributed by atoms with Gasteiger partial charge in [-0.15, -0.1) is 0 Å². The smallest absolute Gasteiger partial charge is 0.119 e. The van der Waals surface area contributed by atoms with Gasteiger partial charge in [-0.05, 0) is 36.5 Å². The van der Waals surface area contributed by atoms with Crippen molar-refractivity contribution in [3.05, 3.63) is 23.8 Å². The average Bonchev–Trinajstić information content (AvgIpc) is 2.93. The van der Waals surface area contributed by atoms with E-state index in [1.165, 1.54) is 31.7 Å². The van der Waals surface area contributed by atoms with Crippen LogP contribution < -0.4 is 5.32 Å². The van der Waals surface area contributed by atoms with Gasteiger partial charge in [0, 0.05) is 38.3 Å². The number of phenolic OH excluding ortho intramolecular Hbond substituents is 2. The molecule has 0 bridgehead atoms. The Morgan fingerprint density at radius 2 is 1.60 bits per heavy atom. The van der Waals surface area contributed by atoms with Crippen LogP contribution in [-0.4, -0.2) is 41.3 Å². The van der Waals surface area contributed by atoms with Crippen molar-refractivity contribution < 1.29 is 10.2 Å². The molecule has 2 aliphatic rings. The highest BCUT2D eigenvalue weighted by Crippen LogP contribution is 2.41. The maximum atomic E-state index is 9.79. The summed E-state index contributed by atoms with van der Waals surface area (Å²) in [6.45, 7) is 4.12. The molecule has 20 heavy (non-hydrogen) atoms. The SMILES string of the molecule is Oc1cc(O)cc([C@@H](C2CCCC2)N2CCNCC2)c1. The summed E-state index contributed by atoms with van der Waals surface area (Å²) in [7, 11) is 0. The van der Waals surface area contributed by atoms with E-state index in [0.717, 1.165) is 31.7 Å². The predicted molar refractivity (Wildman–Crippen MR) is 78.9 cm³/mol. The Labute approximate surface area is 120 Å². The average molecular weight is 276 g/mol. The lowest BCUT2D eigenvalue weighted by molar-refractivity contribution is 0.125. The van der Waals surface area contributed by atoms with Gasteiger partial charge in [0.1, 0.15) is 11.5 Å². The van der Waals surface area contributed by atoms with E-state index < -0.39 is 0 Å². The molecule has 1 aromatic rings. The van der Waals surface area contributed by atoms with Crippen LogP contribution in [-0.2, 0) is 0 Å². The number of nitrogens with zero attached hydrogens (tertiary/aromatic N) is 1. The second-order valence-electron chi connectivity index (χ2n) is 6.06. The Kier molecular flexibility index (Phi) is 4.13. The first-order valence-electron chi connectivity index (χ1n) is 7.72. The molecule has 1 heterocycles. The zero-order chi connectivity index (χ0) is 13.9. The lowest BCUT2D eigenvalue weighted by Crippen LogP contribution is -2.46. The third kappa shape index (κ3) is 2.91. The molecule has 3 N–H and O–H groups in total. The molecule has 0 unspecified atom stereocenters. The van der Waals surface area contributed by atoms with Crippen molar-refractivity contribution in [1.29, 1.82) is 0 Å². The standard InChI is InChI=1S/C16H24N2O2/c19-14-9-13(10-15(20)11-14)16(12-3-1-2-4-12)18-7-5-17-6-8-18/h9-12,16-17,19-20H,1-8H2/t16-/m1/s1. The van der Waals surface area contributed by atoms with Crippen LogP contribution in [0.1, 0.15) is 37.3 Å². The van der Waals surface area contributed by atoms with E-state index in [9.17, 15) is 10.2 Å². The Morgan fingerprint density at radius 3 is 2.20 bits per heavy atom. The Hall–Kier alpha value is -1.26. The lowest BCUT2D eigenvalue weighted by atomic mass is 9.89. The maximum absolute atomic E-state index is 9.79. The van der Waals surface area contributed by atoms with Crippen molar-refractivity contribution in [2.45, 2.75) is 31.7 Å². The van der Waals surface area contributed by atoms with E-state index in [1.54, 1.807) is 0 Å². The van der Waals surface area contributed by atoms with E-state index in [2.05, 4.69) is 10.2 Å². The van der Waals surface area contributed by atoms with Crippen molar-refractivity contribution in [2.75, 3.05) is 26.2 Å². The largest absolute Gasteiger partial charge is 0.508 e. The zero-order valence-electron chi connectivity index (χ0n) is 11.9. The number of hydrogen-bond donors (Lipinski definition) is 3. The van der Waals surface area contributed by atoms with Gasteiger partial charge in [0.2, 0.25) is 0 Å². The first-order chi connectivity index (χ1) is 9.74. The number of hydrogen-bond acceptors (Lipinski definition) is 4. The minimum Gasteiger partial charge on any atom is -0.508 e. The van der Waals surface area contributed by atoms with Crippen LogP contribution in [0.5, 0.6) is 11.5 Å². The van der Waals surface area contributed by atoms with Gasteiger partial charge in [-0.3, -0.25) is 4.90 Å². The summed E-state index contributed by atoms with van der Waals surface area (Å²) < 4.78 is 0. The molecule has 1 aliphatic heterocycles. The van der Waals surface area contributed by atoms with Crippen LogP contribution in [0.3, 0.4) is 0 Å². The molecule has 0 radical (unpaired) electrons. The van der Waals surface area contributed by atoms with Crippen LogP contribution in [0.15, 0.2) is 18.2 Å². The summed E-state index contributed by atoms with van der Waals surface area (Å²) >= 11 is 0. The number of nitrogens with one attached hydrogen (secondary N) is 1. The minimum absolute atomic E-state index is 0.165. The molecule has 1 aromatic carbocycles. The highest BCUT2D eigenvalue weighted by atomic mass is 16.3. The molecule has 0 spiro atoms. The van der Waals surface area contributed by atoms with E-state index >= 15 is 0 Å². The maximum Gasteiger partial charge on any atom is 0.119 e. The third-order valence-electron chi connectivity index (χ3n) is 4.66. The van der Waals surface area contributed by atoms with Gasteiger partial charge in [-0.1, -0.05) is 12.8 Å². The molecule has 1 saturated heterocycles. The number of rotatable bonds is 3. The molecular formula is C16H24N2O2. The second kappa shape index (κ2) is 6.02. The highest BCUT2D eigenvalue weighted by molar-refractivity contribution is 5.38. The summed E-state index contributed by atoms with van der Waals surface area (Å²) in [5.41, 5.74) is 1.07. The van der Waals surface area contributed by atoms with Crippen molar-refractivity contribution in [2.24, 2.45) is 5.92 Å². The molecule has 0 aromatic heterocycles. The van der Waals surface area contributed by atoms with Crippen LogP contribution >= 0.6 is 0 Å². The van der Waals surface area contributed by atoms with Crippen molar-refractivity contribution >= 4 is 0 Å². The van der Waals surface area contributed by atoms with Gasteiger partial charge in [0.25, 0.3) is 0 Å². The Morgan fingerprint density at radius 1 is 1.00 bits per heavy atom. The summed E-state index contributed by atoms with van der Waals surface area (Å²) in [4.78, 5) is 2.51. The third-order valence-corrected chi connectivity index (χ3v) is 4.66. The fraction of sp³-hybridized carbons (Fsp3) is 0.625. The van der Waals surface area contributed by atoms with Gasteiger partial charge in [-0.2, -0.15) is 0 Å². The number of phenols is 2. The number of aromatic hydroxyl groups is 2. The Bertz CT molecular complexity index is 432. The van der Waals surface area contributed by atoms with E-state index in [-0.39, 0.29) is 11.5 Å². The fourth-order valence-electron chi connectivity index (χ4n) is 3.80. The molecule has 1 saturated carbocycles. The summed E-state index contributed by atoms with van der Waals surface area (Å²) in [6, 6.07) is 5.39. The summed E-state index contributed by atoms with van der Waals surface area (Å²) in [6.07, 6.45) is 5.12. The molecule has 4 nitrogen and oxygen atoms in total. The minimum atomic E-state index is 0.165. The van der Waals surface area contributed by atoms with E-state index in [1.807, 2.05) is 12.1 Å². The number of benzene rings is 1. The van der Waals surface area contributed by atoms with Crippen LogP contribution in [0.4, 0.5) is 0 Å². The van der Waals surface area contributed by atoms with Gasteiger partial charge in [0.15, 0.2) is 0 Å². The molecule has 1 atom stereocenters. The van der Waals surface area contributed by atoms with Crippen molar-refractivity contribution in [3.8, 4) is 11.5 Å². The molecule has 3 rings (SSSR count). The first kappa shape index (κ1) is 13.7. The normalized spacial score (nSPS) is 23.0. The van der Waals surface area contributed by atoms with E-state index in [0.29, 0.717) is 12.0 Å². The van der Waals surface area contributed by atoms with Gasteiger partial charge >= 0.3 is 0 Å². The van der Waals surface area contributed by atoms with Gasteiger partial charge in [-0.25, -0.2) is 0 Å². The molecule has 1 aliphatic carbocycles. The van der Waals surface area contributed by atoms with Crippen LogP contribution in [0.2, 0.25) is 0 Å². The van der Waals surface area contributed by atoms with E-state index in [4.69, 9.17) is 0 Å². The highest BCUT2D eigenvalue weighted by Gasteiger charge is 2.32. The molecule has 0 amide bonds. The molecule has 2 fully saturated rings. The summed E-state index contributed by atoms with van der Waals surface area (Å²) in [5.74, 6) is 0.977. The monoisotopic (exact) mass is 276 g/mol. The van der Waals surface area contributed by atoms with Crippen molar-refractivity contribution in [1.82, 2.24) is 10.2 Å². The summed E-state index contributed by atoms with van der Waals surface area (Å²) in [5, 5.41) is 23.0. The zero-order valence-corrected chi connectivity index (χ0v) is 11.9. The topological polar surface area (TPSA) is 55.7 Å². The van der Waals surface area contributed by atoms with Crippen LogP contribution in [0, 0.1) is 5.92 Å². The molecule has 110 valence electrons.